The van der Waals surface area contributed by atoms with E-state index < -0.39 is 11.1 Å². The molecule has 24 heavy (non-hydrogen) atoms. The highest BCUT2D eigenvalue weighted by Crippen LogP contribution is 2.42. The molecule has 6 nitrogen and oxygen atoms in total. The van der Waals surface area contributed by atoms with Crippen molar-refractivity contribution in [1.82, 2.24) is 4.90 Å². The number of hydrogen-bond donors (Lipinski definition) is 1. The minimum atomic E-state index is -0.507. The van der Waals surface area contributed by atoms with Gasteiger partial charge in [0.2, 0.25) is 0 Å². The number of para-hydroxylation sites is 1. The average molecular weight is 344 g/mol. The summed E-state index contributed by atoms with van der Waals surface area (Å²) in [6.07, 6.45) is 1.35. The lowest BCUT2D eigenvalue weighted by atomic mass is 10.0. The zero-order chi connectivity index (χ0) is 16.8. The number of hydrogen-bond acceptors (Lipinski definition) is 4. The van der Waals surface area contributed by atoms with Gasteiger partial charge in [-0.2, -0.15) is 0 Å². The highest BCUT2D eigenvalue weighted by Gasteiger charge is 2.42. The first-order chi connectivity index (χ1) is 11.6. The van der Waals surface area contributed by atoms with E-state index in [2.05, 4.69) is 5.32 Å². The number of benzene rings is 2. The summed E-state index contributed by atoms with van der Waals surface area (Å²) < 4.78 is 0. The Labute approximate surface area is 143 Å². The first-order valence-corrected chi connectivity index (χ1v) is 8.06. The molecule has 1 fully saturated rings. The van der Waals surface area contributed by atoms with Crippen LogP contribution in [0, 0.1) is 10.1 Å². The van der Waals surface area contributed by atoms with Crippen molar-refractivity contribution < 1.29 is 9.72 Å². The van der Waals surface area contributed by atoms with E-state index in [1.54, 1.807) is 11.0 Å². The quantitative estimate of drug-likeness (QED) is 0.675. The van der Waals surface area contributed by atoms with Gasteiger partial charge in [0.1, 0.15) is 6.17 Å². The second kappa shape index (κ2) is 5.49. The summed E-state index contributed by atoms with van der Waals surface area (Å²) in [6, 6.07) is 11.7. The van der Waals surface area contributed by atoms with E-state index in [0.29, 0.717) is 21.8 Å². The van der Waals surface area contributed by atoms with Crippen LogP contribution in [0.15, 0.2) is 42.5 Å². The van der Waals surface area contributed by atoms with E-state index >= 15 is 0 Å². The summed E-state index contributed by atoms with van der Waals surface area (Å²) in [5.41, 5.74) is 1.83. The number of nitro benzene ring substituents is 1. The van der Waals surface area contributed by atoms with Gasteiger partial charge < -0.3 is 10.2 Å². The zero-order valence-corrected chi connectivity index (χ0v) is 13.4. The molecule has 4 rings (SSSR count). The molecule has 1 aliphatic carbocycles. The second-order valence-corrected chi connectivity index (χ2v) is 6.41. The van der Waals surface area contributed by atoms with Crippen molar-refractivity contribution in [2.75, 3.05) is 5.32 Å². The average Bonchev–Trinajstić information content (AvgIpc) is 3.39. The van der Waals surface area contributed by atoms with Gasteiger partial charge in [0, 0.05) is 34.4 Å². The maximum atomic E-state index is 12.9. The summed E-state index contributed by atoms with van der Waals surface area (Å²) in [5, 5.41) is 14.8. The fraction of sp³-hybridized carbons (Fsp3) is 0.235. The Morgan fingerprint density at radius 1 is 1.21 bits per heavy atom. The lowest BCUT2D eigenvalue weighted by Crippen LogP contribution is -2.44. The maximum Gasteiger partial charge on any atom is 0.269 e. The van der Waals surface area contributed by atoms with Crippen LogP contribution in [0.25, 0.3) is 0 Å². The third kappa shape index (κ3) is 2.39. The molecular formula is C17H14ClN3O3. The second-order valence-electron chi connectivity index (χ2n) is 6.00. The molecule has 0 aromatic heterocycles. The van der Waals surface area contributed by atoms with Crippen molar-refractivity contribution in [3.63, 3.8) is 0 Å². The van der Waals surface area contributed by atoms with Gasteiger partial charge in [-0.3, -0.25) is 14.9 Å². The summed E-state index contributed by atoms with van der Waals surface area (Å²) in [6.45, 7) is 0. The molecule has 2 aliphatic rings. The van der Waals surface area contributed by atoms with Crippen LogP contribution in [0.3, 0.4) is 0 Å². The van der Waals surface area contributed by atoms with E-state index in [1.807, 2.05) is 18.2 Å². The van der Waals surface area contributed by atoms with Gasteiger partial charge in [-0.1, -0.05) is 23.7 Å². The van der Waals surface area contributed by atoms with Crippen LogP contribution in [-0.2, 0) is 0 Å². The molecule has 2 aromatic carbocycles. The number of non-ortho nitro benzene ring substituents is 1. The van der Waals surface area contributed by atoms with Crippen LogP contribution in [-0.4, -0.2) is 21.8 Å². The first kappa shape index (κ1) is 15.0. The topological polar surface area (TPSA) is 75.5 Å². The lowest BCUT2D eigenvalue weighted by molar-refractivity contribution is -0.384. The fourth-order valence-corrected chi connectivity index (χ4v) is 3.30. The third-order valence-electron chi connectivity index (χ3n) is 4.39. The Bertz CT molecular complexity index is 851. The van der Waals surface area contributed by atoms with E-state index in [1.165, 1.54) is 18.2 Å². The Balaban J connectivity index is 1.83. The van der Waals surface area contributed by atoms with Crippen LogP contribution in [0.5, 0.6) is 0 Å². The predicted molar refractivity (Wildman–Crippen MR) is 90.1 cm³/mol. The normalized spacial score (nSPS) is 19.6. The highest BCUT2D eigenvalue weighted by molar-refractivity contribution is 6.31. The van der Waals surface area contributed by atoms with Gasteiger partial charge in [0.25, 0.3) is 11.6 Å². The van der Waals surface area contributed by atoms with Crippen molar-refractivity contribution in [2.45, 2.75) is 25.0 Å². The fourth-order valence-electron chi connectivity index (χ4n) is 3.08. The van der Waals surface area contributed by atoms with Gasteiger partial charge in [0.05, 0.1) is 10.5 Å². The van der Waals surface area contributed by atoms with E-state index in [4.69, 9.17) is 11.6 Å². The number of nitrogens with one attached hydrogen (secondary N) is 1. The van der Waals surface area contributed by atoms with Crippen LogP contribution in [0.4, 0.5) is 11.4 Å². The maximum absolute atomic E-state index is 12.9. The van der Waals surface area contributed by atoms with Gasteiger partial charge in [-0.05, 0) is 31.0 Å². The molecule has 1 aliphatic heterocycles. The SMILES string of the molecule is O=C1c2ccccc2N[C@H](c2cc([N+](=O)[O-])ccc2Cl)N1C1CC1. The van der Waals surface area contributed by atoms with Crippen LogP contribution in [0.2, 0.25) is 5.02 Å². The smallest absolute Gasteiger partial charge is 0.269 e. The Hall–Kier alpha value is -2.60. The number of amides is 1. The van der Waals surface area contributed by atoms with Crippen molar-refractivity contribution >= 4 is 28.9 Å². The van der Waals surface area contributed by atoms with Crippen molar-refractivity contribution in [3.05, 3.63) is 68.7 Å². The Kier molecular flexibility index (Phi) is 3.42. The number of carbonyl (C=O) groups is 1. The summed E-state index contributed by atoms with van der Waals surface area (Å²) in [5.74, 6) is -0.0700. The zero-order valence-electron chi connectivity index (χ0n) is 12.6. The van der Waals surface area contributed by atoms with Crippen molar-refractivity contribution in [1.29, 1.82) is 0 Å². The van der Waals surface area contributed by atoms with Gasteiger partial charge in [-0.25, -0.2) is 0 Å². The Morgan fingerprint density at radius 2 is 1.96 bits per heavy atom. The largest absolute Gasteiger partial charge is 0.361 e. The number of anilines is 1. The highest BCUT2D eigenvalue weighted by atomic mass is 35.5. The molecule has 7 heteroatoms. The number of halogens is 1. The van der Waals surface area contributed by atoms with Crippen LogP contribution >= 0.6 is 11.6 Å². The predicted octanol–water partition coefficient (Wildman–Crippen LogP) is 3.98. The number of carbonyl (C=O) groups excluding carboxylic acids is 1. The van der Waals surface area contributed by atoms with E-state index in [-0.39, 0.29) is 17.6 Å². The minimum absolute atomic E-state index is 0.0433. The van der Waals surface area contributed by atoms with Crippen LogP contribution in [0.1, 0.15) is 34.9 Å². The molecular weight excluding hydrogens is 330 g/mol. The number of fused-ring (bicyclic) bond motifs is 1. The molecule has 1 atom stereocenters. The number of rotatable bonds is 3. The monoisotopic (exact) mass is 343 g/mol. The molecule has 0 bridgehead atoms. The van der Waals surface area contributed by atoms with E-state index in [0.717, 1.165) is 12.8 Å². The van der Waals surface area contributed by atoms with Crippen LogP contribution < -0.4 is 5.32 Å². The molecule has 1 saturated carbocycles. The van der Waals surface area contributed by atoms with Gasteiger partial charge >= 0.3 is 0 Å². The van der Waals surface area contributed by atoms with Gasteiger partial charge in [-0.15, -0.1) is 0 Å². The third-order valence-corrected chi connectivity index (χ3v) is 4.73. The molecule has 2 aromatic rings. The molecule has 1 N–H and O–H groups in total. The standard InChI is InChI=1S/C17H14ClN3O3/c18-14-8-7-11(21(23)24)9-13(14)16-19-15-4-2-1-3-12(15)17(22)20(16)10-5-6-10/h1-4,7-10,16,19H,5-6H2/t16-/m0/s1. The van der Waals surface area contributed by atoms with Crippen molar-refractivity contribution in [3.8, 4) is 0 Å². The molecule has 1 heterocycles. The molecule has 122 valence electrons. The lowest BCUT2D eigenvalue weighted by Gasteiger charge is -2.38. The number of nitro groups is 1. The molecule has 0 spiro atoms. The van der Waals surface area contributed by atoms with Gasteiger partial charge in [0.15, 0.2) is 0 Å². The summed E-state index contributed by atoms with van der Waals surface area (Å²) in [7, 11) is 0. The summed E-state index contributed by atoms with van der Waals surface area (Å²) >= 11 is 6.30. The minimum Gasteiger partial charge on any atom is -0.361 e. The first-order valence-electron chi connectivity index (χ1n) is 7.68. The molecule has 0 radical (unpaired) electrons. The van der Waals surface area contributed by atoms with E-state index in [9.17, 15) is 14.9 Å². The summed E-state index contributed by atoms with van der Waals surface area (Å²) in [4.78, 5) is 25.3. The Morgan fingerprint density at radius 3 is 2.67 bits per heavy atom. The number of nitrogens with zero attached hydrogens (tertiary/aromatic N) is 2. The molecule has 0 saturated heterocycles. The molecule has 1 amide bonds. The molecule has 0 unspecified atom stereocenters. The van der Waals surface area contributed by atoms with Crippen molar-refractivity contribution in [2.24, 2.45) is 0 Å².